The van der Waals surface area contributed by atoms with Crippen LogP contribution in [0.4, 0.5) is 10.5 Å². The number of carbonyl (C=O) groups excluding carboxylic acids is 1. The van der Waals surface area contributed by atoms with Gasteiger partial charge in [0, 0.05) is 18.4 Å². The summed E-state index contributed by atoms with van der Waals surface area (Å²) in [5.41, 5.74) is 1.13. The number of rotatable bonds is 6. The molecule has 28 heavy (non-hydrogen) atoms. The third-order valence-corrected chi connectivity index (χ3v) is 4.34. The summed E-state index contributed by atoms with van der Waals surface area (Å²) in [6.07, 6.45) is 2.16. The van der Waals surface area contributed by atoms with Gasteiger partial charge in [-0.05, 0) is 38.0 Å². The normalized spacial score (nSPS) is 14.5. The number of aromatic nitrogens is 4. The van der Waals surface area contributed by atoms with E-state index in [4.69, 9.17) is 13.7 Å². The van der Waals surface area contributed by atoms with Gasteiger partial charge in [0.2, 0.25) is 17.7 Å². The second-order valence-corrected chi connectivity index (χ2v) is 6.63. The summed E-state index contributed by atoms with van der Waals surface area (Å²) in [5.74, 6) is 2.77. The van der Waals surface area contributed by atoms with E-state index in [-0.39, 0.29) is 0 Å². The topological polar surface area (TPSA) is 128 Å². The minimum absolute atomic E-state index is 0.357. The number of methoxy groups -OCH3 is 1. The van der Waals surface area contributed by atoms with Gasteiger partial charge in [-0.15, -0.1) is 10.2 Å². The maximum atomic E-state index is 12.5. The first-order valence-corrected chi connectivity index (χ1v) is 8.93. The van der Waals surface area contributed by atoms with Crippen molar-refractivity contribution < 1.29 is 18.5 Å². The molecule has 0 unspecified atom stereocenters. The Labute approximate surface area is 160 Å². The number of aryl methyl sites for hydroxylation is 1. The van der Waals surface area contributed by atoms with Gasteiger partial charge in [-0.2, -0.15) is 4.98 Å². The largest absolute Gasteiger partial charge is 0.495 e. The van der Waals surface area contributed by atoms with Crippen molar-refractivity contribution >= 4 is 11.7 Å². The van der Waals surface area contributed by atoms with Gasteiger partial charge in [0.15, 0.2) is 5.82 Å². The predicted molar refractivity (Wildman–Crippen MR) is 97.9 cm³/mol. The molecule has 1 aliphatic carbocycles. The molecule has 1 saturated carbocycles. The molecule has 3 aromatic rings. The van der Waals surface area contributed by atoms with Crippen LogP contribution < -0.4 is 15.4 Å². The minimum Gasteiger partial charge on any atom is -0.495 e. The number of nitrogens with one attached hydrogen (secondary N) is 2. The zero-order valence-electron chi connectivity index (χ0n) is 15.7. The third kappa shape index (κ3) is 3.80. The lowest BCUT2D eigenvalue weighted by Gasteiger charge is -2.14. The Hall–Kier alpha value is -3.43. The average Bonchev–Trinajstić information content (AvgIpc) is 3.23. The highest BCUT2D eigenvalue weighted by Crippen LogP contribution is 2.38. The van der Waals surface area contributed by atoms with Crippen molar-refractivity contribution in [3.63, 3.8) is 0 Å². The van der Waals surface area contributed by atoms with Crippen molar-refractivity contribution in [2.45, 2.75) is 38.6 Å². The average molecular weight is 384 g/mol. The summed E-state index contributed by atoms with van der Waals surface area (Å²) in [7, 11) is 1.52. The number of hydrogen-bond acceptors (Lipinski definition) is 8. The molecule has 0 saturated heterocycles. The van der Waals surface area contributed by atoms with Crippen LogP contribution in [0.1, 0.15) is 49.3 Å². The summed E-state index contributed by atoms with van der Waals surface area (Å²) in [6, 6.07) is 4.32. The van der Waals surface area contributed by atoms with E-state index >= 15 is 0 Å². The number of anilines is 1. The highest BCUT2D eigenvalue weighted by Gasteiger charge is 2.29. The van der Waals surface area contributed by atoms with Crippen LogP contribution in [0.2, 0.25) is 0 Å². The molecule has 2 N–H and O–H groups in total. The fourth-order valence-electron chi connectivity index (χ4n) is 2.70. The molecule has 0 bridgehead atoms. The summed E-state index contributed by atoms with van der Waals surface area (Å²) in [5, 5.41) is 17.3. The van der Waals surface area contributed by atoms with E-state index in [2.05, 4.69) is 31.0 Å². The molecule has 10 nitrogen and oxygen atoms in total. The summed E-state index contributed by atoms with van der Waals surface area (Å²) in [4.78, 5) is 16.8. The SMILES string of the molecule is COc1ccc(-c2nnc(C)o2)cc1NC(=O)N[C@H](C)c1nc(C2CC2)no1. The fourth-order valence-corrected chi connectivity index (χ4v) is 2.70. The molecule has 4 rings (SSSR count). The zero-order valence-corrected chi connectivity index (χ0v) is 15.7. The minimum atomic E-state index is -0.437. The molecule has 10 heteroatoms. The number of amides is 2. The lowest BCUT2D eigenvalue weighted by molar-refractivity contribution is 0.245. The maximum Gasteiger partial charge on any atom is 0.319 e. The molecule has 2 heterocycles. The number of carbonyl (C=O) groups is 1. The van der Waals surface area contributed by atoms with Crippen molar-refractivity contribution in [1.29, 1.82) is 0 Å². The smallest absolute Gasteiger partial charge is 0.319 e. The van der Waals surface area contributed by atoms with Crippen LogP contribution in [0, 0.1) is 6.92 Å². The van der Waals surface area contributed by atoms with Crippen molar-refractivity contribution in [3.05, 3.63) is 35.8 Å². The summed E-state index contributed by atoms with van der Waals surface area (Å²) in [6.45, 7) is 3.48. The zero-order chi connectivity index (χ0) is 19.7. The molecular formula is C18H20N6O4. The molecule has 2 aromatic heterocycles. The Kier molecular flexibility index (Phi) is 4.68. The Morgan fingerprint density at radius 1 is 1.32 bits per heavy atom. The molecule has 0 radical (unpaired) electrons. The Morgan fingerprint density at radius 3 is 2.82 bits per heavy atom. The third-order valence-electron chi connectivity index (χ3n) is 4.34. The molecule has 1 aromatic carbocycles. The van der Waals surface area contributed by atoms with E-state index in [9.17, 15) is 4.79 Å². The van der Waals surface area contributed by atoms with Crippen molar-refractivity contribution in [3.8, 4) is 17.2 Å². The molecule has 0 spiro atoms. The number of ether oxygens (including phenoxy) is 1. The van der Waals surface area contributed by atoms with E-state index < -0.39 is 12.1 Å². The highest BCUT2D eigenvalue weighted by molar-refractivity contribution is 5.92. The standard InChI is InChI=1S/C18H20N6O4/c1-9(16-21-15(24-28-16)11-4-5-11)19-18(25)20-13-8-12(6-7-14(13)26-3)17-23-22-10(2)27-17/h6-9,11H,4-5H2,1-3H3,(H2,19,20,25)/t9-/m1/s1. The van der Waals surface area contributed by atoms with Gasteiger partial charge in [0.1, 0.15) is 11.8 Å². The first-order chi connectivity index (χ1) is 13.5. The molecular weight excluding hydrogens is 364 g/mol. The Morgan fingerprint density at radius 2 is 2.14 bits per heavy atom. The van der Waals surface area contributed by atoms with Gasteiger partial charge < -0.3 is 24.3 Å². The highest BCUT2D eigenvalue weighted by atomic mass is 16.5. The molecule has 0 aliphatic heterocycles. The van der Waals surface area contributed by atoms with Crippen molar-refractivity contribution in [2.24, 2.45) is 0 Å². The number of hydrogen-bond donors (Lipinski definition) is 2. The Balaban J connectivity index is 1.46. The van der Waals surface area contributed by atoms with Crippen LogP contribution in [0.5, 0.6) is 5.75 Å². The molecule has 2 amide bonds. The second kappa shape index (κ2) is 7.29. The van der Waals surface area contributed by atoms with Gasteiger partial charge in [-0.1, -0.05) is 5.16 Å². The van der Waals surface area contributed by atoms with Gasteiger partial charge in [0.25, 0.3) is 0 Å². The van der Waals surface area contributed by atoms with Crippen LogP contribution in [0.3, 0.4) is 0 Å². The van der Waals surface area contributed by atoms with Crippen LogP contribution in [0.15, 0.2) is 27.1 Å². The first kappa shape index (κ1) is 18.0. The van der Waals surface area contributed by atoms with E-state index in [1.165, 1.54) is 7.11 Å². The first-order valence-electron chi connectivity index (χ1n) is 8.93. The van der Waals surface area contributed by atoms with Crippen LogP contribution in [-0.4, -0.2) is 33.5 Å². The molecule has 1 fully saturated rings. The second-order valence-electron chi connectivity index (χ2n) is 6.63. The molecule has 1 atom stereocenters. The predicted octanol–water partition coefficient (Wildman–Crippen LogP) is 3.20. The van der Waals surface area contributed by atoms with Crippen LogP contribution in [0.25, 0.3) is 11.5 Å². The molecule has 1 aliphatic rings. The van der Waals surface area contributed by atoms with E-state index in [1.54, 1.807) is 32.0 Å². The van der Waals surface area contributed by atoms with E-state index in [1.807, 2.05) is 0 Å². The van der Waals surface area contributed by atoms with Gasteiger partial charge >= 0.3 is 6.03 Å². The summed E-state index contributed by atoms with van der Waals surface area (Å²) >= 11 is 0. The lowest BCUT2D eigenvalue weighted by Crippen LogP contribution is -2.31. The molecule has 146 valence electrons. The van der Waals surface area contributed by atoms with Gasteiger partial charge in [-0.25, -0.2) is 4.79 Å². The quantitative estimate of drug-likeness (QED) is 0.663. The van der Waals surface area contributed by atoms with Gasteiger partial charge in [0.05, 0.1) is 12.8 Å². The monoisotopic (exact) mass is 384 g/mol. The fraction of sp³-hybridized carbons (Fsp3) is 0.389. The number of nitrogens with zero attached hydrogens (tertiary/aromatic N) is 4. The number of urea groups is 1. The van der Waals surface area contributed by atoms with Crippen LogP contribution >= 0.6 is 0 Å². The number of benzene rings is 1. The van der Waals surface area contributed by atoms with Gasteiger partial charge in [-0.3, -0.25) is 0 Å². The maximum absolute atomic E-state index is 12.5. The van der Waals surface area contributed by atoms with E-state index in [0.717, 1.165) is 12.8 Å². The lowest BCUT2D eigenvalue weighted by atomic mass is 10.2. The summed E-state index contributed by atoms with van der Waals surface area (Å²) < 4.78 is 16.0. The van der Waals surface area contributed by atoms with E-state index in [0.29, 0.717) is 46.4 Å². The van der Waals surface area contributed by atoms with Crippen molar-refractivity contribution in [1.82, 2.24) is 25.7 Å². The Bertz CT molecular complexity index is 994. The van der Waals surface area contributed by atoms with Crippen LogP contribution in [-0.2, 0) is 0 Å². The van der Waals surface area contributed by atoms with Crippen molar-refractivity contribution in [2.75, 3.05) is 12.4 Å².